The van der Waals surface area contributed by atoms with Crippen LogP contribution >= 0.6 is 0 Å². The largest absolute Gasteiger partial charge is 0.398 e. The standard InChI is InChI=1S/C10H11N3O/c1-2-12-9-8-6(11)4-3-5-7(8)13-10(9)14/h3-5H,2,11H2,1H3,(H,12,13,14). The van der Waals surface area contributed by atoms with Crippen LogP contribution in [0.15, 0.2) is 23.2 Å². The summed E-state index contributed by atoms with van der Waals surface area (Å²) in [5, 5.41) is 2.72. The maximum atomic E-state index is 11.5. The van der Waals surface area contributed by atoms with Crippen LogP contribution in [0, 0.1) is 0 Å². The zero-order valence-electron chi connectivity index (χ0n) is 7.87. The van der Waals surface area contributed by atoms with Gasteiger partial charge in [-0.3, -0.25) is 9.79 Å². The first-order valence-corrected chi connectivity index (χ1v) is 4.48. The second-order valence-electron chi connectivity index (χ2n) is 3.05. The van der Waals surface area contributed by atoms with E-state index < -0.39 is 0 Å². The molecule has 0 aliphatic carbocycles. The highest BCUT2D eigenvalue weighted by Crippen LogP contribution is 2.28. The number of anilines is 2. The fourth-order valence-electron chi connectivity index (χ4n) is 1.54. The van der Waals surface area contributed by atoms with Crippen LogP contribution in [0.5, 0.6) is 0 Å². The molecule has 14 heavy (non-hydrogen) atoms. The summed E-state index contributed by atoms with van der Waals surface area (Å²) in [7, 11) is 0. The number of carbonyl (C=O) groups is 1. The van der Waals surface area contributed by atoms with Gasteiger partial charge in [-0.15, -0.1) is 0 Å². The lowest BCUT2D eigenvalue weighted by atomic mass is 10.1. The second-order valence-corrected chi connectivity index (χ2v) is 3.05. The van der Waals surface area contributed by atoms with Crippen molar-refractivity contribution in [2.75, 3.05) is 17.6 Å². The van der Waals surface area contributed by atoms with E-state index >= 15 is 0 Å². The Bertz CT molecular complexity index is 423. The maximum absolute atomic E-state index is 11.5. The van der Waals surface area contributed by atoms with Crippen molar-refractivity contribution in [1.82, 2.24) is 0 Å². The highest BCUT2D eigenvalue weighted by molar-refractivity contribution is 6.54. The number of nitrogens with zero attached hydrogens (tertiary/aromatic N) is 1. The average molecular weight is 189 g/mol. The van der Waals surface area contributed by atoms with E-state index in [4.69, 9.17) is 5.73 Å². The van der Waals surface area contributed by atoms with E-state index in [0.717, 1.165) is 11.3 Å². The minimum absolute atomic E-state index is 0.167. The van der Waals surface area contributed by atoms with E-state index in [0.29, 0.717) is 17.9 Å². The Hall–Kier alpha value is -1.84. The Labute approximate surface area is 81.8 Å². The second kappa shape index (κ2) is 3.14. The molecular formula is C10H11N3O. The number of benzene rings is 1. The number of hydrogen-bond donors (Lipinski definition) is 2. The highest BCUT2D eigenvalue weighted by Gasteiger charge is 2.27. The lowest BCUT2D eigenvalue weighted by Gasteiger charge is -2.00. The third-order valence-corrected chi connectivity index (χ3v) is 2.11. The molecule has 4 nitrogen and oxygen atoms in total. The molecule has 0 saturated heterocycles. The molecule has 0 aromatic heterocycles. The zero-order chi connectivity index (χ0) is 10.1. The lowest BCUT2D eigenvalue weighted by Crippen LogP contribution is -2.15. The summed E-state index contributed by atoms with van der Waals surface area (Å²) >= 11 is 0. The Balaban J connectivity index is 2.61. The number of carbonyl (C=O) groups excluding carboxylic acids is 1. The molecular weight excluding hydrogens is 178 g/mol. The zero-order valence-corrected chi connectivity index (χ0v) is 7.87. The summed E-state index contributed by atoms with van der Waals surface area (Å²) in [6, 6.07) is 5.40. The SMILES string of the molecule is CCN=C1C(=O)Nc2cccc(N)c21. The first-order valence-electron chi connectivity index (χ1n) is 4.48. The summed E-state index contributed by atoms with van der Waals surface area (Å²) in [5.74, 6) is -0.167. The Morgan fingerprint density at radius 3 is 3.00 bits per heavy atom. The molecule has 1 aliphatic rings. The molecule has 3 N–H and O–H groups in total. The summed E-state index contributed by atoms with van der Waals surface area (Å²) in [6.07, 6.45) is 0. The number of nitrogen functional groups attached to an aromatic ring is 1. The molecule has 0 saturated carbocycles. The van der Waals surface area contributed by atoms with Gasteiger partial charge in [0, 0.05) is 12.2 Å². The summed E-state index contributed by atoms with van der Waals surface area (Å²) in [6.45, 7) is 2.47. The molecule has 72 valence electrons. The Morgan fingerprint density at radius 2 is 2.29 bits per heavy atom. The van der Waals surface area contributed by atoms with Crippen molar-refractivity contribution in [2.24, 2.45) is 4.99 Å². The lowest BCUT2D eigenvalue weighted by molar-refractivity contribution is -0.110. The number of amides is 1. The maximum Gasteiger partial charge on any atom is 0.274 e. The van der Waals surface area contributed by atoms with Gasteiger partial charge >= 0.3 is 0 Å². The van der Waals surface area contributed by atoms with Crippen LogP contribution in [0.3, 0.4) is 0 Å². The molecule has 1 amide bonds. The molecule has 1 aromatic carbocycles. The van der Waals surface area contributed by atoms with Gasteiger partial charge < -0.3 is 11.1 Å². The fraction of sp³-hybridized carbons (Fsp3) is 0.200. The van der Waals surface area contributed by atoms with Gasteiger partial charge in [-0.1, -0.05) is 6.07 Å². The number of fused-ring (bicyclic) bond motifs is 1. The first kappa shape index (κ1) is 8.74. The number of nitrogens with two attached hydrogens (primary N) is 1. The molecule has 0 radical (unpaired) electrons. The van der Waals surface area contributed by atoms with E-state index in [2.05, 4.69) is 10.3 Å². The molecule has 0 unspecified atom stereocenters. The third kappa shape index (κ3) is 1.16. The van der Waals surface area contributed by atoms with Gasteiger partial charge in [-0.05, 0) is 19.1 Å². The first-order chi connectivity index (χ1) is 6.74. The van der Waals surface area contributed by atoms with E-state index in [1.807, 2.05) is 19.1 Å². The van der Waals surface area contributed by atoms with Gasteiger partial charge in [0.1, 0.15) is 5.71 Å². The van der Waals surface area contributed by atoms with Crippen LogP contribution in [0.2, 0.25) is 0 Å². The van der Waals surface area contributed by atoms with Crippen LogP contribution in [0.1, 0.15) is 12.5 Å². The van der Waals surface area contributed by atoms with Crippen LogP contribution < -0.4 is 11.1 Å². The minimum Gasteiger partial charge on any atom is -0.398 e. The predicted molar refractivity (Wildman–Crippen MR) is 56.6 cm³/mol. The number of nitrogens with one attached hydrogen (secondary N) is 1. The van der Waals surface area contributed by atoms with Gasteiger partial charge in [0.05, 0.1) is 11.3 Å². The highest BCUT2D eigenvalue weighted by atomic mass is 16.2. The molecule has 0 spiro atoms. The Kier molecular flexibility index (Phi) is 1.96. The van der Waals surface area contributed by atoms with Crippen molar-refractivity contribution in [3.63, 3.8) is 0 Å². The van der Waals surface area contributed by atoms with Crippen LogP contribution in [0.4, 0.5) is 11.4 Å². The van der Waals surface area contributed by atoms with Crippen LogP contribution in [-0.4, -0.2) is 18.2 Å². The van der Waals surface area contributed by atoms with Gasteiger partial charge in [0.25, 0.3) is 5.91 Å². The van der Waals surface area contributed by atoms with E-state index in [1.54, 1.807) is 6.07 Å². The Morgan fingerprint density at radius 1 is 1.50 bits per heavy atom. The van der Waals surface area contributed by atoms with Crippen molar-refractivity contribution >= 4 is 23.0 Å². The normalized spacial score (nSPS) is 16.9. The molecule has 4 heteroatoms. The van der Waals surface area contributed by atoms with Crippen molar-refractivity contribution in [3.05, 3.63) is 23.8 Å². The van der Waals surface area contributed by atoms with E-state index in [1.165, 1.54) is 0 Å². The van der Waals surface area contributed by atoms with Crippen molar-refractivity contribution in [2.45, 2.75) is 6.92 Å². The van der Waals surface area contributed by atoms with Gasteiger partial charge in [-0.25, -0.2) is 0 Å². The van der Waals surface area contributed by atoms with Crippen LogP contribution in [-0.2, 0) is 4.79 Å². The van der Waals surface area contributed by atoms with Crippen molar-refractivity contribution in [3.8, 4) is 0 Å². The fourth-order valence-corrected chi connectivity index (χ4v) is 1.54. The molecule has 0 fully saturated rings. The van der Waals surface area contributed by atoms with E-state index in [-0.39, 0.29) is 5.91 Å². The third-order valence-electron chi connectivity index (χ3n) is 2.11. The van der Waals surface area contributed by atoms with Gasteiger partial charge in [-0.2, -0.15) is 0 Å². The molecule has 1 aromatic rings. The molecule has 2 rings (SSSR count). The summed E-state index contributed by atoms with van der Waals surface area (Å²) < 4.78 is 0. The van der Waals surface area contributed by atoms with Gasteiger partial charge in [0.15, 0.2) is 0 Å². The average Bonchev–Trinajstić information content (AvgIpc) is 2.45. The quantitative estimate of drug-likeness (QED) is 0.648. The summed E-state index contributed by atoms with van der Waals surface area (Å²) in [4.78, 5) is 15.6. The smallest absolute Gasteiger partial charge is 0.274 e. The molecule has 0 bridgehead atoms. The number of rotatable bonds is 1. The van der Waals surface area contributed by atoms with E-state index in [9.17, 15) is 4.79 Å². The van der Waals surface area contributed by atoms with Crippen LogP contribution in [0.25, 0.3) is 0 Å². The molecule has 1 heterocycles. The van der Waals surface area contributed by atoms with Crippen molar-refractivity contribution < 1.29 is 4.79 Å². The topological polar surface area (TPSA) is 67.5 Å². The number of hydrogen-bond acceptors (Lipinski definition) is 3. The van der Waals surface area contributed by atoms with Crippen molar-refractivity contribution in [1.29, 1.82) is 0 Å². The molecule has 0 atom stereocenters. The number of aliphatic imine (C=N–C) groups is 1. The molecule has 1 aliphatic heterocycles. The van der Waals surface area contributed by atoms with Gasteiger partial charge in [0.2, 0.25) is 0 Å². The predicted octanol–water partition coefficient (Wildman–Crippen LogP) is 1.03. The minimum atomic E-state index is -0.167. The monoisotopic (exact) mass is 189 g/mol. The summed E-state index contributed by atoms with van der Waals surface area (Å²) in [5.41, 5.74) is 8.31.